The third-order valence-electron chi connectivity index (χ3n) is 3.71. The van der Waals surface area contributed by atoms with Gasteiger partial charge in [-0.2, -0.15) is 5.10 Å². The van der Waals surface area contributed by atoms with Crippen LogP contribution in [0.4, 0.5) is 0 Å². The van der Waals surface area contributed by atoms with Crippen LogP contribution >= 0.6 is 0 Å². The van der Waals surface area contributed by atoms with Gasteiger partial charge in [-0.3, -0.25) is 14.4 Å². The molecule has 0 atom stereocenters. The number of hydrogen-bond acceptors (Lipinski definition) is 4. The number of morpholine rings is 1. The first-order chi connectivity index (χ1) is 9.05. The lowest BCUT2D eigenvalue weighted by atomic mass is 9.92. The fourth-order valence-corrected chi connectivity index (χ4v) is 2.45. The van der Waals surface area contributed by atoms with Crippen LogP contribution in [-0.4, -0.2) is 52.3 Å². The minimum Gasteiger partial charge on any atom is -0.379 e. The van der Waals surface area contributed by atoms with Crippen molar-refractivity contribution in [2.75, 3.05) is 26.3 Å². The van der Waals surface area contributed by atoms with Gasteiger partial charge < -0.3 is 4.74 Å². The molecule has 1 aromatic heterocycles. The van der Waals surface area contributed by atoms with E-state index in [1.165, 1.54) is 0 Å². The highest BCUT2D eigenvalue weighted by molar-refractivity contribution is 6.02. The normalized spacial score (nSPS) is 17.6. The fraction of sp³-hybridized carbons (Fsp3) is 0.714. The molecule has 1 aliphatic rings. The monoisotopic (exact) mass is 265 g/mol. The van der Waals surface area contributed by atoms with Crippen LogP contribution in [0.5, 0.6) is 0 Å². The molecule has 0 spiro atoms. The maximum atomic E-state index is 12.6. The Bertz CT molecular complexity index is 434. The first-order valence-corrected chi connectivity index (χ1v) is 6.95. The van der Waals surface area contributed by atoms with Gasteiger partial charge in [0.15, 0.2) is 5.78 Å². The highest BCUT2D eigenvalue weighted by Crippen LogP contribution is 2.21. The van der Waals surface area contributed by atoms with Crippen molar-refractivity contribution in [3.05, 3.63) is 18.0 Å². The van der Waals surface area contributed by atoms with Gasteiger partial charge in [-0.25, -0.2) is 0 Å². The number of nitrogens with zero attached hydrogens (tertiary/aromatic N) is 3. The van der Waals surface area contributed by atoms with Crippen molar-refractivity contribution in [3.63, 3.8) is 0 Å². The van der Waals surface area contributed by atoms with Crippen molar-refractivity contribution in [1.29, 1.82) is 0 Å². The van der Waals surface area contributed by atoms with Crippen molar-refractivity contribution in [2.24, 2.45) is 0 Å². The Hall–Kier alpha value is -1.20. The number of aryl methyl sites for hydroxylation is 1. The van der Waals surface area contributed by atoms with Crippen molar-refractivity contribution >= 4 is 5.78 Å². The van der Waals surface area contributed by atoms with Crippen LogP contribution < -0.4 is 0 Å². The molecule has 5 nitrogen and oxygen atoms in total. The van der Waals surface area contributed by atoms with Crippen molar-refractivity contribution < 1.29 is 9.53 Å². The molecule has 0 aliphatic carbocycles. The van der Waals surface area contributed by atoms with E-state index in [9.17, 15) is 4.79 Å². The second-order valence-corrected chi connectivity index (χ2v) is 5.48. The van der Waals surface area contributed by atoms with E-state index >= 15 is 0 Å². The van der Waals surface area contributed by atoms with Gasteiger partial charge in [-0.05, 0) is 20.3 Å². The van der Waals surface area contributed by atoms with Crippen LogP contribution in [0.15, 0.2) is 12.4 Å². The number of carbonyl (C=O) groups is 1. The van der Waals surface area contributed by atoms with Crippen LogP contribution in [-0.2, 0) is 11.3 Å². The molecule has 0 bridgehead atoms. The van der Waals surface area contributed by atoms with E-state index in [1.807, 2.05) is 24.7 Å². The molecule has 1 aliphatic heterocycles. The van der Waals surface area contributed by atoms with Crippen molar-refractivity contribution in [1.82, 2.24) is 14.7 Å². The molecule has 2 rings (SSSR count). The van der Waals surface area contributed by atoms with Gasteiger partial charge in [0.1, 0.15) is 0 Å². The second-order valence-electron chi connectivity index (χ2n) is 5.48. The summed E-state index contributed by atoms with van der Waals surface area (Å²) in [6.07, 6.45) is 4.55. The van der Waals surface area contributed by atoms with E-state index in [-0.39, 0.29) is 5.78 Å². The number of aromatic nitrogens is 2. The summed E-state index contributed by atoms with van der Waals surface area (Å²) in [4.78, 5) is 14.8. The van der Waals surface area contributed by atoms with Crippen LogP contribution in [0.3, 0.4) is 0 Å². The zero-order valence-electron chi connectivity index (χ0n) is 12.1. The molecule has 0 aromatic carbocycles. The largest absolute Gasteiger partial charge is 0.379 e. The Morgan fingerprint density at radius 2 is 2.11 bits per heavy atom. The lowest BCUT2D eigenvalue weighted by Crippen LogP contribution is -2.54. The molecule has 0 saturated carbocycles. The molecule has 2 heterocycles. The summed E-state index contributed by atoms with van der Waals surface area (Å²) in [6, 6.07) is 0. The maximum Gasteiger partial charge on any atom is 0.185 e. The summed E-state index contributed by atoms with van der Waals surface area (Å²) < 4.78 is 7.18. The minimum absolute atomic E-state index is 0.136. The van der Waals surface area contributed by atoms with Crippen LogP contribution in [0.2, 0.25) is 0 Å². The van der Waals surface area contributed by atoms with Gasteiger partial charge >= 0.3 is 0 Å². The lowest BCUT2D eigenvalue weighted by molar-refractivity contribution is -0.00430. The molecule has 19 heavy (non-hydrogen) atoms. The first kappa shape index (κ1) is 14.2. The van der Waals surface area contributed by atoms with Gasteiger partial charge in [-0.15, -0.1) is 0 Å². The molecule has 0 N–H and O–H groups in total. The lowest BCUT2D eigenvalue weighted by Gasteiger charge is -2.39. The summed E-state index contributed by atoms with van der Waals surface area (Å²) in [7, 11) is 0. The number of hydrogen-bond donors (Lipinski definition) is 0. The molecule has 0 amide bonds. The van der Waals surface area contributed by atoms with E-state index in [1.54, 1.807) is 6.20 Å². The molecular formula is C14H23N3O2. The van der Waals surface area contributed by atoms with Gasteiger partial charge in [0, 0.05) is 25.8 Å². The van der Waals surface area contributed by atoms with Gasteiger partial charge in [0.2, 0.25) is 0 Å². The summed E-state index contributed by atoms with van der Waals surface area (Å²) in [5.41, 5.74) is 0.203. The standard InChI is InChI=1S/C14H23N3O2/c1-4-5-17-11-12(10-15-17)13(18)14(2,3)16-6-8-19-9-7-16/h10-11H,4-9H2,1-3H3. The predicted octanol–water partition coefficient (Wildman–Crippen LogP) is 1.59. The summed E-state index contributed by atoms with van der Waals surface area (Å²) >= 11 is 0. The SMILES string of the molecule is CCCn1cc(C(=O)C(C)(C)N2CCOCC2)cn1. The molecule has 1 fully saturated rings. The fourth-order valence-electron chi connectivity index (χ4n) is 2.45. The van der Waals surface area contributed by atoms with Crippen LogP contribution in [0, 0.1) is 0 Å². The highest BCUT2D eigenvalue weighted by atomic mass is 16.5. The van der Waals surface area contributed by atoms with Crippen LogP contribution in [0.1, 0.15) is 37.6 Å². The zero-order valence-corrected chi connectivity index (χ0v) is 12.1. The van der Waals surface area contributed by atoms with E-state index in [4.69, 9.17) is 4.74 Å². The summed E-state index contributed by atoms with van der Waals surface area (Å²) in [5, 5.41) is 4.24. The van der Waals surface area contributed by atoms with Crippen molar-refractivity contribution in [2.45, 2.75) is 39.3 Å². The molecule has 1 aromatic rings. The Morgan fingerprint density at radius 1 is 1.42 bits per heavy atom. The Kier molecular flexibility index (Phi) is 4.37. The first-order valence-electron chi connectivity index (χ1n) is 6.95. The Balaban J connectivity index is 2.11. The maximum absolute atomic E-state index is 12.6. The molecule has 106 valence electrons. The average Bonchev–Trinajstić information content (AvgIpc) is 2.88. The third kappa shape index (κ3) is 3.04. The predicted molar refractivity (Wildman–Crippen MR) is 73.3 cm³/mol. The summed E-state index contributed by atoms with van der Waals surface area (Å²) in [5.74, 6) is 0.136. The van der Waals surface area contributed by atoms with E-state index in [0.29, 0.717) is 18.8 Å². The topological polar surface area (TPSA) is 47.4 Å². The number of Topliss-reactive ketones (excluding diaryl/α,β-unsaturated/α-hetero) is 1. The number of ketones is 1. The molecule has 1 saturated heterocycles. The van der Waals surface area contributed by atoms with Crippen molar-refractivity contribution in [3.8, 4) is 0 Å². The van der Waals surface area contributed by atoms with Gasteiger partial charge in [0.25, 0.3) is 0 Å². The molecular weight excluding hydrogens is 242 g/mol. The number of ether oxygens (including phenoxy) is 1. The molecule has 5 heteroatoms. The molecule has 0 unspecified atom stereocenters. The summed E-state index contributed by atoms with van der Waals surface area (Å²) in [6.45, 7) is 9.93. The smallest absolute Gasteiger partial charge is 0.185 e. The number of carbonyl (C=O) groups excluding carboxylic acids is 1. The van der Waals surface area contributed by atoms with Gasteiger partial charge in [-0.1, -0.05) is 6.92 Å². The average molecular weight is 265 g/mol. The molecule has 0 radical (unpaired) electrons. The van der Waals surface area contributed by atoms with E-state index in [2.05, 4.69) is 16.9 Å². The Morgan fingerprint density at radius 3 is 2.74 bits per heavy atom. The quantitative estimate of drug-likeness (QED) is 0.759. The number of rotatable bonds is 5. The second kappa shape index (κ2) is 5.84. The van der Waals surface area contributed by atoms with Gasteiger partial charge in [0.05, 0.1) is 30.5 Å². The minimum atomic E-state index is -0.496. The Labute approximate surface area is 114 Å². The highest BCUT2D eigenvalue weighted by Gasteiger charge is 2.36. The van der Waals surface area contributed by atoms with E-state index < -0.39 is 5.54 Å². The zero-order chi connectivity index (χ0) is 13.9. The third-order valence-corrected chi connectivity index (χ3v) is 3.71. The van der Waals surface area contributed by atoms with E-state index in [0.717, 1.165) is 26.1 Å². The van der Waals surface area contributed by atoms with Crippen LogP contribution in [0.25, 0.3) is 0 Å².